The van der Waals surface area contributed by atoms with Crippen LogP contribution >= 0.6 is 23.4 Å². The number of methoxy groups -OCH3 is 1. The van der Waals surface area contributed by atoms with Gasteiger partial charge in [0.05, 0.1) is 18.4 Å². The molecule has 0 saturated heterocycles. The second-order valence-corrected chi connectivity index (χ2v) is 5.71. The summed E-state index contributed by atoms with van der Waals surface area (Å²) in [6.45, 7) is 1.88. The molecule has 1 N–H and O–H groups in total. The van der Waals surface area contributed by atoms with E-state index >= 15 is 0 Å². The van der Waals surface area contributed by atoms with Crippen LogP contribution in [0.15, 0.2) is 41.3 Å². The van der Waals surface area contributed by atoms with E-state index in [0.717, 1.165) is 10.5 Å². The van der Waals surface area contributed by atoms with Crippen molar-refractivity contribution in [1.82, 2.24) is 0 Å². The molecule has 0 bridgehead atoms. The highest BCUT2D eigenvalue weighted by atomic mass is 35.5. The number of ether oxygens (including phenoxy) is 1. The van der Waals surface area contributed by atoms with Crippen LogP contribution in [-0.4, -0.2) is 19.3 Å². The standard InChI is InChI=1S/C16H16ClNO2S/c1-10-8-13(14(20-2)9-12(10)17)18-16(19)11-6-4-5-7-15(11)21-3/h4-9H,1-3H3,(H,18,19). The van der Waals surface area contributed by atoms with Gasteiger partial charge in [-0.05, 0) is 36.9 Å². The molecule has 0 saturated carbocycles. The number of halogens is 1. The lowest BCUT2D eigenvalue weighted by Gasteiger charge is -2.13. The van der Waals surface area contributed by atoms with E-state index < -0.39 is 0 Å². The summed E-state index contributed by atoms with van der Waals surface area (Å²) < 4.78 is 5.27. The smallest absolute Gasteiger partial charge is 0.256 e. The monoisotopic (exact) mass is 321 g/mol. The number of thioether (sulfide) groups is 1. The van der Waals surface area contributed by atoms with Crippen LogP contribution in [0.5, 0.6) is 5.75 Å². The van der Waals surface area contributed by atoms with Gasteiger partial charge in [-0.25, -0.2) is 0 Å². The van der Waals surface area contributed by atoms with Crippen LogP contribution in [0.3, 0.4) is 0 Å². The molecule has 1 amide bonds. The maximum atomic E-state index is 12.4. The number of carbonyl (C=O) groups is 1. The van der Waals surface area contributed by atoms with Crippen molar-refractivity contribution in [1.29, 1.82) is 0 Å². The molecule has 21 heavy (non-hydrogen) atoms. The largest absolute Gasteiger partial charge is 0.495 e. The number of hydrogen-bond donors (Lipinski definition) is 1. The molecule has 0 aromatic heterocycles. The first-order chi connectivity index (χ1) is 10.1. The number of benzene rings is 2. The van der Waals surface area contributed by atoms with Gasteiger partial charge in [0.25, 0.3) is 5.91 Å². The van der Waals surface area contributed by atoms with Gasteiger partial charge in [-0.3, -0.25) is 4.79 Å². The Hall–Kier alpha value is -1.65. The topological polar surface area (TPSA) is 38.3 Å². The van der Waals surface area contributed by atoms with Crippen molar-refractivity contribution >= 4 is 35.0 Å². The minimum Gasteiger partial charge on any atom is -0.495 e. The Morgan fingerprint density at radius 3 is 2.67 bits per heavy atom. The first-order valence-electron chi connectivity index (χ1n) is 6.35. The molecule has 0 fully saturated rings. The minimum atomic E-state index is -0.167. The van der Waals surface area contributed by atoms with Gasteiger partial charge >= 0.3 is 0 Å². The Balaban J connectivity index is 2.33. The molecular formula is C16H16ClNO2S. The highest BCUT2D eigenvalue weighted by Crippen LogP contribution is 2.31. The van der Waals surface area contributed by atoms with Crippen LogP contribution in [0.1, 0.15) is 15.9 Å². The van der Waals surface area contributed by atoms with Gasteiger partial charge in [-0.2, -0.15) is 0 Å². The van der Waals surface area contributed by atoms with Gasteiger partial charge in [-0.1, -0.05) is 23.7 Å². The maximum Gasteiger partial charge on any atom is 0.256 e. The molecule has 2 rings (SSSR count). The lowest BCUT2D eigenvalue weighted by molar-refractivity contribution is 0.102. The molecule has 0 spiro atoms. The maximum absolute atomic E-state index is 12.4. The zero-order valence-corrected chi connectivity index (χ0v) is 13.6. The number of amides is 1. The second-order valence-electron chi connectivity index (χ2n) is 4.46. The van der Waals surface area contributed by atoms with Gasteiger partial charge < -0.3 is 10.1 Å². The van der Waals surface area contributed by atoms with Crippen molar-refractivity contribution in [3.63, 3.8) is 0 Å². The highest BCUT2D eigenvalue weighted by molar-refractivity contribution is 7.98. The molecule has 0 radical (unpaired) electrons. The summed E-state index contributed by atoms with van der Waals surface area (Å²) in [6, 6.07) is 11.0. The van der Waals surface area contributed by atoms with Gasteiger partial charge in [-0.15, -0.1) is 11.8 Å². The first-order valence-corrected chi connectivity index (χ1v) is 7.95. The van der Waals surface area contributed by atoms with E-state index in [2.05, 4.69) is 5.32 Å². The SMILES string of the molecule is COc1cc(Cl)c(C)cc1NC(=O)c1ccccc1SC. The molecule has 0 heterocycles. The molecule has 0 atom stereocenters. The van der Waals surface area contributed by atoms with Crippen molar-refractivity contribution < 1.29 is 9.53 Å². The average Bonchev–Trinajstić information content (AvgIpc) is 2.50. The van der Waals surface area contributed by atoms with Crippen molar-refractivity contribution in [2.75, 3.05) is 18.7 Å². The first kappa shape index (κ1) is 15.7. The number of aryl methyl sites for hydroxylation is 1. The summed E-state index contributed by atoms with van der Waals surface area (Å²) in [5.41, 5.74) is 2.13. The van der Waals surface area contributed by atoms with Crippen LogP contribution in [0.25, 0.3) is 0 Å². The summed E-state index contributed by atoms with van der Waals surface area (Å²) >= 11 is 7.61. The van der Waals surface area contributed by atoms with Crippen LogP contribution < -0.4 is 10.1 Å². The minimum absolute atomic E-state index is 0.167. The fraction of sp³-hybridized carbons (Fsp3) is 0.188. The third-order valence-electron chi connectivity index (χ3n) is 3.08. The fourth-order valence-electron chi connectivity index (χ4n) is 1.95. The van der Waals surface area contributed by atoms with E-state index in [-0.39, 0.29) is 5.91 Å². The second kappa shape index (κ2) is 6.87. The number of anilines is 1. The summed E-state index contributed by atoms with van der Waals surface area (Å²) in [5.74, 6) is 0.376. The Bertz CT molecular complexity index is 673. The third kappa shape index (κ3) is 3.52. The number of hydrogen-bond acceptors (Lipinski definition) is 3. The Kier molecular flexibility index (Phi) is 5.15. The number of carbonyl (C=O) groups excluding carboxylic acids is 1. The summed E-state index contributed by atoms with van der Waals surface area (Å²) in [5, 5.41) is 3.49. The summed E-state index contributed by atoms with van der Waals surface area (Å²) in [7, 11) is 1.55. The molecule has 0 aliphatic carbocycles. The lowest BCUT2D eigenvalue weighted by Crippen LogP contribution is -2.13. The molecule has 0 aliphatic rings. The predicted octanol–water partition coefficient (Wildman–Crippen LogP) is 4.63. The van der Waals surface area contributed by atoms with Crippen molar-refractivity contribution in [3.05, 3.63) is 52.5 Å². The normalized spacial score (nSPS) is 10.3. The van der Waals surface area contributed by atoms with Crippen LogP contribution in [0.4, 0.5) is 5.69 Å². The highest BCUT2D eigenvalue weighted by Gasteiger charge is 2.14. The lowest BCUT2D eigenvalue weighted by atomic mass is 10.1. The van der Waals surface area contributed by atoms with Crippen molar-refractivity contribution in [2.24, 2.45) is 0 Å². The Morgan fingerprint density at radius 1 is 1.29 bits per heavy atom. The summed E-state index contributed by atoms with van der Waals surface area (Å²) in [4.78, 5) is 13.4. The van der Waals surface area contributed by atoms with E-state index in [1.807, 2.05) is 31.4 Å². The van der Waals surface area contributed by atoms with Crippen LogP contribution in [-0.2, 0) is 0 Å². The van der Waals surface area contributed by atoms with Crippen molar-refractivity contribution in [3.8, 4) is 5.75 Å². The number of rotatable bonds is 4. The Labute approximate surface area is 133 Å². The predicted molar refractivity (Wildman–Crippen MR) is 88.9 cm³/mol. The molecule has 2 aromatic carbocycles. The molecule has 5 heteroatoms. The van der Waals surface area contributed by atoms with E-state index in [1.54, 1.807) is 25.3 Å². The molecule has 0 aliphatic heterocycles. The van der Waals surface area contributed by atoms with E-state index in [1.165, 1.54) is 11.8 Å². The zero-order chi connectivity index (χ0) is 15.4. The molecule has 3 nitrogen and oxygen atoms in total. The summed E-state index contributed by atoms with van der Waals surface area (Å²) in [6.07, 6.45) is 1.94. The van der Waals surface area contributed by atoms with Crippen LogP contribution in [0, 0.1) is 6.92 Å². The van der Waals surface area contributed by atoms with Gasteiger partial charge in [0.1, 0.15) is 5.75 Å². The number of nitrogens with one attached hydrogen (secondary N) is 1. The van der Waals surface area contributed by atoms with Crippen molar-refractivity contribution in [2.45, 2.75) is 11.8 Å². The van der Waals surface area contributed by atoms with Gasteiger partial charge in [0.2, 0.25) is 0 Å². The molecule has 0 unspecified atom stereocenters. The quantitative estimate of drug-likeness (QED) is 0.834. The van der Waals surface area contributed by atoms with Gasteiger partial charge in [0, 0.05) is 16.0 Å². The fourth-order valence-corrected chi connectivity index (χ4v) is 2.70. The van der Waals surface area contributed by atoms with E-state index in [4.69, 9.17) is 16.3 Å². The molecule has 2 aromatic rings. The third-order valence-corrected chi connectivity index (χ3v) is 4.28. The zero-order valence-electron chi connectivity index (χ0n) is 12.1. The average molecular weight is 322 g/mol. The molecular weight excluding hydrogens is 306 g/mol. The Morgan fingerprint density at radius 2 is 2.00 bits per heavy atom. The van der Waals surface area contributed by atoms with Gasteiger partial charge in [0.15, 0.2) is 0 Å². The van der Waals surface area contributed by atoms with E-state index in [0.29, 0.717) is 22.0 Å². The van der Waals surface area contributed by atoms with Crippen LogP contribution in [0.2, 0.25) is 5.02 Å². The van der Waals surface area contributed by atoms with E-state index in [9.17, 15) is 4.79 Å². The molecule has 110 valence electrons.